The highest BCUT2D eigenvalue weighted by molar-refractivity contribution is 5.89. The number of amides is 2. The average Bonchev–Trinajstić information content (AvgIpc) is 2.96. The van der Waals surface area contributed by atoms with E-state index < -0.39 is 0 Å². The second kappa shape index (κ2) is 3.98. The molecule has 4 unspecified atom stereocenters. The topological polar surface area (TPSA) is 69.6 Å². The molecule has 94 valence electrons. The largest absolute Gasteiger partial charge is 0.393 e. The summed E-state index contributed by atoms with van der Waals surface area (Å²) in [5.41, 5.74) is 0. The number of likely N-dealkylation sites (tertiary alicyclic amines) is 1. The molecule has 3 rings (SSSR count). The molecule has 1 aliphatic carbocycles. The van der Waals surface area contributed by atoms with E-state index in [4.69, 9.17) is 0 Å². The average molecular weight is 238 g/mol. The molecule has 1 saturated carbocycles. The fraction of sp³-hybridized carbons (Fsp3) is 0.833. The van der Waals surface area contributed by atoms with Gasteiger partial charge in [-0.15, -0.1) is 0 Å². The van der Waals surface area contributed by atoms with E-state index in [0.717, 1.165) is 19.4 Å². The number of aliphatic hydroxyl groups excluding tert-OH is 1. The lowest BCUT2D eigenvalue weighted by molar-refractivity contribution is -0.135. The Morgan fingerprint density at radius 1 is 1.35 bits per heavy atom. The van der Waals surface area contributed by atoms with Crippen LogP contribution >= 0.6 is 0 Å². The van der Waals surface area contributed by atoms with Crippen LogP contribution < -0.4 is 5.32 Å². The summed E-state index contributed by atoms with van der Waals surface area (Å²) in [5.74, 6) is 0.620. The normalized spacial score (nSPS) is 40.5. The van der Waals surface area contributed by atoms with E-state index in [1.165, 1.54) is 0 Å². The minimum atomic E-state index is -0.235. The van der Waals surface area contributed by atoms with E-state index in [2.05, 4.69) is 5.32 Å². The Hall–Kier alpha value is -1.10. The van der Waals surface area contributed by atoms with Gasteiger partial charge < -0.3 is 15.3 Å². The first-order chi connectivity index (χ1) is 8.15. The van der Waals surface area contributed by atoms with Crippen LogP contribution in [0, 0.1) is 17.8 Å². The molecular weight excluding hydrogens is 220 g/mol. The highest BCUT2D eigenvalue weighted by atomic mass is 16.3. The van der Waals surface area contributed by atoms with Crippen LogP contribution in [0.15, 0.2) is 0 Å². The van der Waals surface area contributed by atoms with Crippen LogP contribution in [-0.4, -0.2) is 47.6 Å². The zero-order valence-electron chi connectivity index (χ0n) is 9.76. The summed E-state index contributed by atoms with van der Waals surface area (Å²) in [4.78, 5) is 25.1. The maximum absolute atomic E-state index is 12.2. The van der Waals surface area contributed by atoms with Crippen LogP contribution in [0.1, 0.15) is 19.3 Å². The first kappa shape index (κ1) is 11.0. The van der Waals surface area contributed by atoms with E-state index in [-0.39, 0.29) is 29.8 Å². The van der Waals surface area contributed by atoms with E-state index in [0.29, 0.717) is 25.4 Å². The lowest BCUT2D eigenvalue weighted by Crippen LogP contribution is -2.36. The Kier molecular flexibility index (Phi) is 2.58. The van der Waals surface area contributed by atoms with Gasteiger partial charge in [0.15, 0.2) is 0 Å². The Morgan fingerprint density at radius 2 is 2.18 bits per heavy atom. The number of nitrogens with zero attached hydrogens (tertiary/aromatic N) is 1. The highest BCUT2D eigenvalue weighted by Gasteiger charge is 2.44. The van der Waals surface area contributed by atoms with Crippen LogP contribution in [0.5, 0.6) is 0 Å². The molecule has 0 aromatic rings. The lowest BCUT2D eigenvalue weighted by Gasteiger charge is -2.21. The van der Waals surface area contributed by atoms with Crippen molar-refractivity contribution in [2.45, 2.75) is 25.4 Å². The van der Waals surface area contributed by atoms with Gasteiger partial charge in [0.2, 0.25) is 11.8 Å². The molecule has 0 radical (unpaired) electrons. The number of hydrogen-bond donors (Lipinski definition) is 2. The van der Waals surface area contributed by atoms with Gasteiger partial charge in [-0.3, -0.25) is 9.59 Å². The summed E-state index contributed by atoms with van der Waals surface area (Å²) >= 11 is 0. The van der Waals surface area contributed by atoms with Gasteiger partial charge in [0.1, 0.15) is 0 Å². The molecule has 3 fully saturated rings. The van der Waals surface area contributed by atoms with Crippen molar-refractivity contribution in [3.8, 4) is 0 Å². The standard InChI is InChI=1S/C12H18N2O3/c15-10-2-1-7-5-14(6-9(7)10)12(17)8-3-11(16)13-4-8/h7-10,15H,1-6H2,(H,13,16). The monoisotopic (exact) mass is 238 g/mol. The number of aliphatic hydroxyl groups is 1. The second-order valence-corrected chi connectivity index (χ2v) is 5.52. The molecule has 2 N–H and O–H groups in total. The molecule has 2 amide bonds. The van der Waals surface area contributed by atoms with E-state index in [1.807, 2.05) is 4.90 Å². The predicted octanol–water partition coefficient (Wildman–Crippen LogP) is -0.648. The number of rotatable bonds is 1. The molecule has 0 aromatic carbocycles. The van der Waals surface area contributed by atoms with Gasteiger partial charge in [-0.25, -0.2) is 0 Å². The summed E-state index contributed by atoms with van der Waals surface area (Å²) in [7, 11) is 0. The van der Waals surface area contributed by atoms with Gasteiger partial charge >= 0.3 is 0 Å². The molecule has 17 heavy (non-hydrogen) atoms. The van der Waals surface area contributed by atoms with E-state index >= 15 is 0 Å². The molecule has 2 aliphatic heterocycles. The Balaban J connectivity index is 1.63. The third kappa shape index (κ3) is 1.82. The molecule has 3 aliphatic rings. The number of hydrogen-bond acceptors (Lipinski definition) is 3. The Morgan fingerprint density at radius 3 is 2.82 bits per heavy atom. The van der Waals surface area contributed by atoms with Crippen molar-refractivity contribution in [3.05, 3.63) is 0 Å². The summed E-state index contributed by atoms with van der Waals surface area (Å²) in [6.45, 7) is 1.92. The van der Waals surface area contributed by atoms with Gasteiger partial charge in [-0.05, 0) is 18.8 Å². The summed E-state index contributed by atoms with van der Waals surface area (Å²) in [5, 5.41) is 12.5. The van der Waals surface area contributed by atoms with Crippen LogP contribution in [0.3, 0.4) is 0 Å². The Labute approximate surface area is 100 Å². The number of carbonyl (C=O) groups is 2. The third-order valence-electron chi connectivity index (χ3n) is 4.46. The van der Waals surface area contributed by atoms with Gasteiger partial charge in [0, 0.05) is 32.0 Å². The molecule has 0 aromatic heterocycles. The maximum Gasteiger partial charge on any atom is 0.228 e. The molecule has 0 bridgehead atoms. The fourth-order valence-corrected chi connectivity index (χ4v) is 3.45. The lowest BCUT2D eigenvalue weighted by atomic mass is 10.00. The number of fused-ring (bicyclic) bond motifs is 1. The van der Waals surface area contributed by atoms with E-state index in [9.17, 15) is 14.7 Å². The van der Waals surface area contributed by atoms with Crippen molar-refractivity contribution in [2.75, 3.05) is 19.6 Å². The highest BCUT2D eigenvalue weighted by Crippen LogP contribution is 2.38. The first-order valence-electron chi connectivity index (χ1n) is 6.38. The molecule has 2 heterocycles. The van der Waals surface area contributed by atoms with Crippen molar-refractivity contribution in [3.63, 3.8) is 0 Å². The summed E-state index contributed by atoms with van der Waals surface area (Å²) < 4.78 is 0. The van der Waals surface area contributed by atoms with Crippen LogP contribution in [0.4, 0.5) is 0 Å². The predicted molar refractivity (Wildman–Crippen MR) is 59.9 cm³/mol. The van der Waals surface area contributed by atoms with Gasteiger partial charge in [0.25, 0.3) is 0 Å². The van der Waals surface area contributed by atoms with Crippen LogP contribution in [0.25, 0.3) is 0 Å². The zero-order valence-corrected chi connectivity index (χ0v) is 9.76. The van der Waals surface area contributed by atoms with Gasteiger partial charge in [0.05, 0.1) is 12.0 Å². The van der Waals surface area contributed by atoms with Crippen molar-refractivity contribution in [1.82, 2.24) is 10.2 Å². The smallest absolute Gasteiger partial charge is 0.228 e. The zero-order chi connectivity index (χ0) is 12.0. The van der Waals surface area contributed by atoms with E-state index in [1.54, 1.807) is 0 Å². The molecule has 4 atom stereocenters. The van der Waals surface area contributed by atoms with Crippen molar-refractivity contribution >= 4 is 11.8 Å². The molecule has 2 saturated heterocycles. The molecule has 5 heteroatoms. The molecule has 5 nitrogen and oxygen atoms in total. The first-order valence-corrected chi connectivity index (χ1v) is 6.38. The number of carbonyl (C=O) groups excluding carboxylic acids is 2. The maximum atomic E-state index is 12.2. The quantitative estimate of drug-likeness (QED) is 0.638. The van der Waals surface area contributed by atoms with Gasteiger partial charge in [-0.2, -0.15) is 0 Å². The van der Waals surface area contributed by atoms with Crippen molar-refractivity contribution < 1.29 is 14.7 Å². The van der Waals surface area contributed by atoms with Gasteiger partial charge in [-0.1, -0.05) is 0 Å². The van der Waals surface area contributed by atoms with Crippen LogP contribution in [-0.2, 0) is 9.59 Å². The van der Waals surface area contributed by atoms with Crippen molar-refractivity contribution in [1.29, 1.82) is 0 Å². The second-order valence-electron chi connectivity index (χ2n) is 5.52. The summed E-state index contributed by atoms with van der Waals surface area (Å²) in [6.07, 6.45) is 1.99. The minimum Gasteiger partial charge on any atom is -0.393 e. The van der Waals surface area contributed by atoms with Crippen molar-refractivity contribution in [2.24, 2.45) is 17.8 Å². The number of nitrogens with one attached hydrogen (secondary N) is 1. The van der Waals surface area contributed by atoms with Crippen LogP contribution in [0.2, 0.25) is 0 Å². The molecular formula is C12H18N2O3. The third-order valence-corrected chi connectivity index (χ3v) is 4.46. The molecule has 0 spiro atoms. The fourth-order valence-electron chi connectivity index (χ4n) is 3.45. The Bertz CT molecular complexity index is 358. The SMILES string of the molecule is O=C1CC(C(=O)N2CC3CCC(O)C3C2)CN1. The summed E-state index contributed by atoms with van der Waals surface area (Å²) in [6, 6.07) is 0. The minimum absolute atomic E-state index is 0.0252.